The Balaban J connectivity index is 2.33. The Hall–Kier alpha value is -1.14. The van der Waals surface area contributed by atoms with E-state index < -0.39 is 0 Å². The van der Waals surface area contributed by atoms with Crippen molar-refractivity contribution < 1.29 is 14.4 Å². The van der Waals surface area contributed by atoms with E-state index in [2.05, 4.69) is 45.2 Å². The normalized spacial score (nSPS) is 20.1. The van der Waals surface area contributed by atoms with Gasteiger partial charge in [0.1, 0.15) is 0 Å². The zero-order chi connectivity index (χ0) is 17.1. The molecule has 1 heterocycles. The summed E-state index contributed by atoms with van der Waals surface area (Å²) in [7, 11) is 1.55. The SMILES string of the molecule is CNCC(=Cc1ccccc1CCO)B1OC(C)(C)C(C)(C)O1. The lowest BCUT2D eigenvalue weighted by molar-refractivity contribution is 0.00578. The van der Waals surface area contributed by atoms with Crippen molar-refractivity contribution in [1.29, 1.82) is 0 Å². The van der Waals surface area contributed by atoms with Gasteiger partial charge in [0, 0.05) is 13.2 Å². The summed E-state index contributed by atoms with van der Waals surface area (Å²) in [5.41, 5.74) is 2.57. The predicted molar refractivity (Wildman–Crippen MR) is 95.2 cm³/mol. The molecule has 5 heteroatoms. The van der Waals surface area contributed by atoms with E-state index in [4.69, 9.17) is 9.31 Å². The lowest BCUT2D eigenvalue weighted by Gasteiger charge is -2.32. The molecule has 0 radical (unpaired) electrons. The van der Waals surface area contributed by atoms with Crippen LogP contribution in [-0.4, -0.2) is 43.6 Å². The predicted octanol–water partition coefficient (Wildman–Crippen LogP) is 2.46. The monoisotopic (exact) mass is 317 g/mol. The number of rotatable bonds is 6. The van der Waals surface area contributed by atoms with Crippen molar-refractivity contribution in [3.63, 3.8) is 0 Å². The molecule has 2 rings (SSSR count). The van der Waals surface area contributed by atoms with Crippen molar-refractivity contribution in [2.24, 2.45) is 0 Å². The molecule has 1 aliphatic rings. The van der Waals surface area contributed by atoms with Crippen LogP contribution in [-0.2, 0) is 15.7 Å². The van der Waals surface area contributed by atoms with Crippen LogP contribution < -0.4 is 5.32 Å². The Morgan fingerprint density at radius 3 is 2.35 bits per heavy atom. The van der Waals surface area contributed by atoms with Gasteiger partial charge in [-0.3, -0.25) is 0 Å². The lowest BCUT2D eigenvalue weighted by atomic mass is 9.76. The number of aliphatic hydroxyl groups is 1. The van der Waals surface area contributed by atoms with Crippen molar-refractivity contribution in [3.05, 3.63) is 40.9 Å². The van der Waals surface area contributed by atoms with E-state index in [0.29, 0.717) is 13.0 Å². The molecule has 1 aromatic carbocycles. The molecular weight excluding hydrogens is 289 g/mol. The van der Waals surface area contributed by atoms with Crippen LogP contribution in [0, 0.1) is 0 Å². The molecule has 1 aliphatic heterocycles. The first kappa shape index (κ1) is 18.2. The highest BCUT2D eigenvalue weighted by molar-refractivity contribution is 6.55. The van der Waals surface area contributed by atoms with E-state index in [-0.39, 0.29) is 24.9 Å². The maximum atomic E-state index is 9.25. The summed E-state index contributed by atoms with van der Waals surface area (Å²) in [6.45, 7) is 9.06. The third-order valence-electron chi connectivity index (χ3n) is 4.71. The second kappa shape index (κ2) is 7.18. The summed E-state index contributed by atoms with van der Waals surface area (Å²) in [4.78, 5) is 0. The lowest BCUT2D eigenvalue weighted by Crippen LogP contribution is -2.41. The fourth-order valence-electron chi connectivity index (χ4n) is 2.62. The van der Waals surface area contributed by atoms with E-state index >= 15 is 0 Å². The molecule has 0 saturated carbocycles. The molecule has 0 aromatic heterocycles. The molecule has 1 saturated heterocycles. The Kier molecular flexibility index (Phi) is 5.68. The molecule has 4 nitrogen and oxygen atoms in total. The topological polar surface area (TPSA) is 50.7 Å². The zero-order valence-electron chi connectivity index (χ0n) is 14.8. The van der Waals surface area contributed by atoms with Crippen molar-refractivity contribution in [2.75, 3.05) is 20.2 Å². The van der Waals surface area contributed by atoms with Crippen molar-refractivity contribution in [2.45, 2.75) is 45.3 Å². The minimum Gasteiger partial charge on any atom is -0.400 e. The molecule has 23 heavy (non-hydrogen) atoms. The number of nitrogens with one attached hydrogen (secondary N) is 1. The number of aliphatic hydroxyl groups excluding tert-OH is 1. The first-order valence-electron chi connectivity index (χ1n) is 8.20. The zero-order valence-corrected chi connectivity index (χ0v) is 14.8. The third kappa shape index (κ3) is 4.04. The van der Waals surface area contributed by atoms with Crippen LogP contribution in [0.5, 0.6) is 0 Å². The molecule has 1 aromatic rings. The molecule has 0 amide bonds. The minimum absolute atomic E-state index is 0.142. The van der Waals surface area contributed by atoms with Crippen LogP contribution in [0.15, 0.2) is 29.7 Å². The van der Waals surface area contributed by atoms with E-state index in [9.17, 15) is 5.11 Å². The van der Waals surface area contributed by atoms with Gasteiger partial charge < -0.3 is 19.7 Å². The van der Waals surface area contributed by atoms with Gasteiger partial charge in [0.05, 0.1) is 11.2 Å². The van der Waals surface area contributed by atoms with Gasteiger partial charge in [-0.25, -0.2) is 0 Å². The molecule has 0 atom stereocenters. The molecule has 126 valence electrons. The molecule has 0 bridgehead atoms. The number of likely N-dealkylation sites (N-methyl/N-ethyl adjacent to an activating group) is 1. The average Bonchev–Trinajstić information content (AvgIpc) is 2.69. The highest BCUT2D eigenvalue weighted by Crippen LogP contribution is 2.38. The molecule has 0 spiro atoms. The van der Waals surface area contributed by atoms with Crippen LogP contribution in [0.3, 0.4) is 0 Å². The Morgan fingerprint density at radius 2 is 1.78 bits per heavy atom. The van der Waals surface area contributed by atoms with Crippen LogP contribution in [0.25, 0.3) is 6.08 Å². The highest BCUT2D eigenvalue weighted by Gasteiger charge is 2.52. The maximum absolute atomic E-state index is 9.25. The van der Waals surface area contributed by atoms with E-state index in [1.807, 2.05) is 25.2 Å². The van der Waals surface area contributed by atoms with Crippen LogP contribution in [0.4, 0.5) is 0 Å². The fraction of sp³-hybridized carbons (Fsp3) is 0.556. The molecule has 0 unspecified atom stereocenters. The molecule has 1 fully saturated rings. The minimum atomic E-state index is -0.366. The van der Waals surface area contributed by atoms with Gasteiger partial charge in [0.15, 0.2) is 0 Å². The number of hydrogen-bond acceptors (Lipinski definition) is 4. The number of benzene rings is 1. The van der Waals surface area contributed by atoms with Gasteiger partial charge >= 0.3 is 7.12 Å². The van der Waals surface area contributed by atoms with Crippen LogP contribution in [0.2, 0.25) is 0 Å². The van der Waals surface area contributed by atoms with E-state index in [1.54, 1.807) is 0 Å². The Labute approximate surface area is 140 Å². The molecule has 2 N–H and O–H groups in total. The first-order valence-corrected chi connectivity index (χ1v) is 8.20. The Bertz CT molecular complexity index is 553. The van der Waals surface area contributed by atoms with Gasteiger partial charge in [-0.05, 0) is 57.8 Å². The van der Waals surface area contributed by atoms with Gasteiger partial charge in [-0.15, -0.1) is 0 Å². The summed E-state index contributed by atoms with van der Waals surface area (Å²) in [6, 6.07) is 8.11. The largest absolute Gasteiger partial charge is 0.491 e. The van der Waals surface area contributed by atoms with Crippen molar-refractivity contribution >= 4 is 13.2 Å². The summed E-state index contributed by atoms with van der Waals surface area (Å²) in [6.07, 6.45) is 2.76. The van der Waals surface area contributed by atoms with Gasteiger partial charge in [-0.1, -0.05) is 30.3 Å². The highest BCUT2D eigenvalue weighted by atomic mass is 16.7. The fourth-order valence-corrected chi connectivity index (χ4v) is 2.62. The second-order valence-electron chi connectivity index (χ2n) is 7.01. The van der Waals surface area contributed by atoms with E-state index in [1.165, 1.54) is 0 Å². The van der Waals surface area contributed by atoms with Gasteiger partial charge in [-0.2, -0.15) is 0 Å². The average molecular weight is 317 g/mol. The number of hydrogen-bond donors (Lipinski definition) is 2. The third-order valence-corrected chi connectivity index (χ3v) is 4.71. The van der Waals surface area contributed by atoms with E-state index in [0.717, 1.165) is 16.6 Å². The maximum Gasteiger partial charge on any atom is 0.491 e. The second-order valence-corrected chi connectivity index (χ2v) is 7.01. The first-order chi connectivity index (χ1) is 10.8. The van der Waals surface area contributed by atoms with Gasteiger partial charge in [0.25, 0.3) is 0 Å². The van der Waals surface area contributed by atoms with Crippen LogP contribution >= 0.6 is 0 Å². The Morgan fingerprint density at radius 1 is 1.17 bits per heavy atom. The van der Waals surface area contributed by atoms with Crippen molar-refractivity contribution in [1.82, 2.24) is 5.32 Å². The quantitative estimate of drug-likeness (QED) is 0.792. The summed E-state index contributed by atoms with van der Waals surface area (Å²) in [5, 5.41) is 12.4. The molecular formula is C18H28BNO3. The summed E-state index contributed by atoms with van der Waals surface area (Å²) >= 11 is 0. The summed E-state index contributed by atoms with van der Waals surface area (Å²) in [5.74, 6) is 0. The van der Waals surface area contributed by atoms with Crippen molar-refractivity contribution in [3.8, 4) is 0 Å². The summed E-state index contributed by atoms with van der Waals surface area (Å²) < 4.78 is 12.3. The molecule has 0 aliphatic carbocycles. The van der Waals surface area contributed by atoms with Crippen LogP contribution in [0.1, 0.15) is 38.8 Å². The standard InChI is InChI=1S/C18H28BNO3/c1-17(2)18(3,4)23-19(22-17)16(13-20-5)12-15-9-7-6-8-14(15)10-11-21/h6-9,12,20-21H,10-11,13H2,1-5H3. The van der Waals surface area contributed by atoms with Gasteiger partial charge in [0.2, 0.25) is 0 Å². The smallest absolute Gasteiger partial charge is 0.400 e.